The molecule has 0 heterocycles. The molecule has 0 fully saturated rings. The predicted molar refractivity (Wildman–Crippen MR) is 67.2 cm³/mol. The van der Waals surface area contributed by atoms with Gasteiger partial charge in [0.1, 0.15) is 17.4 Å². The summed E-state index contributed by atoms with van der Waals surface area (Å²) >= 11 is 0. The average molecular weight is 246 g/mol. The van der Waals surface area contributed by atoms with E-state index >= 15 is 0 Å². The number of phenols is 1. The first-order valence-electron chi connectivity index (χ1n) is 5.54. The van der Waals surface area contributed by atoms with Gasteiger partial charge in [-0.15, -0.1) is 0 Å². The molecule has 0 bridgehead atoms. The minimum Gasteiger partial charge on any atom is -0.508 e. The molecule has 18 heavy (non-hydrogen) atoms. The van der Waals surface area contributed by atoms with E-state index in [1.165, 1.54) is 12.1 Å². The van der Waals surface area contributed by atoms with E-state index in [9.17, 15) is 8.78 Å². The molecular weight excluding hydrogens is 234 g/mol. The quantitative estimate of drug-likeness (QED) is 0.870. The zero-order valence-corrected chi connectivity index (χ0v) is 9.61. The maximum atomic E-state index is 13.3. The van der Waals surface area contributed by atoms with Crippen molar-refractivity contribution in [2.45, 2.75) is 6.42 Å². The monoisotopic (exact) mass is 246 g/mol. The Labute approximate surface area is 104 Å². The van der Waals surface area contributed by atoms with Crippen molar-refractivity contribution >= 4 is 6.08 Å². The third kappa shape index (κ3) is 3.17. The first kappa shape index (κ1) is 12.3. The Morgan fingerprint density at radius 3 is 2.39 bits per heavy atom. The first-order chi connectivity index (χ1) is 8.65. The van der Waals surface area contributed by atoms with E-state index in [0.717, 1.165) is 11.6 Å². The molecule has 0 atom stereocenters. The van der Waals surface area contributed by atoms with Crippen LogP contribution in [0, 0.1) is 11.6 Å². The second-order valence-electron chi connectivity index (χ2n) is 3.93. The third-order valence-corrected chi connectivity index (χ3v) is 2.56. The number of hydrogen-bond donors (Lipinski definition) is 1. The molecule has 1 N–H and O–H groups in total. The highest BCUT2D eigenvalue weighted by atomic mass is 19.1. The van der Waals surface area contributed by atoms with Gasteiger partial charge in [-0.2, -0.15) is 0 Å². The summed E-state index contributed by atoms with van der Waals surface area (Å²) in [5.41, 5.74) is 1.36. The minimum absolute atomic E-state index is 0.205. The number of hydrogen-bond acceptors (Lipinski definition) is 1. The molecule has 0 aliphatic heterocycles. The van der Waals surface area contributed by atoms with Gasteiger partial charge in [0.25, 0.3) is 0 Å². The van der Waals surface area contributed by atoms with Gasteiger partial charge in [-0.25, -0.2) is 8.78 Å². The van der Waals surface area contributed by atoms with Gasteiger partial charge in [-0.1, -0.05) is 30.4 Å². The van der Waals surface area contributed by atoms with Crippen LogP contribution in [-0.2, 0) is 6.42 Å². The first-order valence-corrected chi connectivity index (χ1v) is 5.54. The molecule has 0 saturated heterocycles. The van der Waals surface area contributed by atoms with Crippen molar-refractivity contribution < 1.29 is 13.9 Å². The number of benzene rings is 2. The topological polar surface area (TPSA) is 20.2 Å². The highest BCUT2D eigenvalue weighted by Gasteiger charge is 2.01. The van der Waals surface area contributed by atoms with Gasteiger partial charge >= 0.3 is 0 Å². The second-order valence-corrected chi connectivity index (χ2v) is 3.93. The standard InChI is InChI=1S/C15H12F2O/c16-13-7-6-12(15(17)10-13)3-1-2-11-4-8-14(18)9-5-11/h1-2,4-10,18H,3H2/b2-1+. The van der Waals surface area contributed by atoms with Crippen molar-refractivity contribution in [2.75, 3.05) is 0 Å². The summed E-state index contributed by atoms with van der Waals surface area (Å²) in [4.78, 5) is 0. The molecule has 0 aliphatic rings. The van der Waals surface area contributed by atoms with Crippen LogP contribution in [0.5, 0.6) is 5.75 Å². The third-order valence-electron chi connectivity index (χ3n) is 2.56. The van der Waals surface area contributed by atoms with Crippen molar-refractivity contribution in [2.24, 2.45) is 0 Å². The average Bonchev–Trinajstić information content (AvgIpc) is 2.34. The summed E-state index contributed by atoms with van der Waals surface area (Å²) in [6, 6.07) is 10.2. The van der Waals surface area contributed by atoms with Gasteiger partial charge in [-0.05, 0) is 35.7 Å². The zero-order valence-electron chi connectivity index (χ0n) is 9.61. The molecule has 0 spiro atoms. The lowest BCUT2D eigenvalue weighted by Gasteiger charge is -1.99. The summed E-state index contributed by atoms with van der Waals surface area (Å²) in [5.74, 6) is -0.902. The molecule has 0 unspecified atom stereocenters. The molecule has 0 saturated carbocycles. The van der Waals surface area contributed by atoms with Gasteiger partial charge in [0.2, 0.25) is 0 Å². The van der Waals surface area contributed by atoms with E-state index in [2.05, 4.69) is 0 Å². The van der Waals surface area contributed by atoms with Crippen molar-refractivity contribution in [3.05, 3.63) is 71.3 Å². The largest absolute Gasteiger partial charge is 0.508 e. The lowest BCUT2D eigenvalue weighted by Crippen LogP contribution is -1.89. The molecule has 92 valence electrons. The van der Waals surface area contributed by atoms with E-state index in [0.29, 0.717) is 12.0 Å². The van der Waals surface area contributed by atoms with E-state index in [4.69, 9.17) is 5.11 Å². The molecule has 0 aliphatic carbocycles. The number of allylic oxidation sites excluding steroid dienone is 1. The van der Waals surface area contributed by atoms with Crippen LogP contribution in [0.25, 0.3) is 6.08 Å². The van der Waals surface area contributed by atoms with Gasteiger partial charge in [0.15, 0.2) is 0 Å². The second kappa shape index (κ2) is 5.45. The molecule has 0 aromatic heterocycles. The fourth-order valence-electron chi connectivity index (χ4n) is 1.59. The smallest absolute Gasteiger partial charge is 0.129 e. The van der Waals surface area contributed by atoms with E-state index in [-0.39, 0.29) is 5.75 Å². The molecule has 2 rings (SSSR count). The van der Waals surface area contributed by atoms with Crippen LogP contribution in [0.15, 0.2) is 48.5 Å². The van der Waals surface area contributed by atoms with Crippen molar-refractivity contribution in [1.82, 2.24) is 0 Å². The van der Waals surface area contributed by atoms with Gasteiger partial charge < -0.3 is 5.11 Å². The fourth-order valence-corrected chi connectivity index (χ4v) is 1.59. The molecule has 2 aromatic rings. The lowest BCUT2D eigenvalue weighted by molar-refractivity contribution is 0.475. The number of halogens is 2. The van der Waals surface area contributed by atoms with Crippen LogP contribution in [-0.4, -0.2) is 5.11 Å². The summed E-state index contributed by atoms with van der Waals surface area (Å²) in [7, 11) is 0. The molecule has 1 nitrogen and oxygen atoms in total. The van der Waals surface area contributed by atoms with E-state index in [1.807, 2.05) is 6.08 Å². The van der Waals surface area contributed by atoms with Crippen LogP contribution >= 0.6 is 0 Å². The summed E-state index contributed by atoms with van der Waals surface area (Å²) in [6.07, 6.45) is 4.01. The van der Waals surface area contributed by atoms with Gasteiger partial charge in [0.05, 0.1) is 0 Å². The summed E-state index contributed by atoms with van der Waals surface area (Å²) in [5, 5.41) is 9.11. The van der Waals surface area contributed by atoms with Crippen LogP contribution in [0.2, 0.25) is 0 Å². The van der Waals surface area contributed by atoms with Gasteiger partial charge in [0, 0.05) is 6.07 Å². The Morgan fingerprint density at radius 1 is 1.00 bits per heavy atom. The zero-order chi connectivity index (χ0) is 13.0. The van der Waals surface area contributed by atoms with Gasteiger partial charge in [-0.3, -0.25) is 0 Å². The van der Waals surface area contributed by atoms with E-state index in [1.54, 1.807) is 30.3 Å². The fraction of sp³-hybridized carbons (Fsp3) is 0.0667. The number of rotatable bonds is 3. The summed E-state index contributed by atoms with van der Waals surface area (Å²) in [6.45, 7) is 0. The molecular formula is C15H12F2O. The maximum Gasteiger partial charge on any atom is 0.129 e. The maximum absolute atomic E-state index is 13.3. The minimum atomic E-state index is -0.571. The lowest BCUT2D eigenvalue weighted by atomic mass is 10.1. The summed E-state index contributed by atoms with van der Waals surface area (Å²) < 4.78 is 26.0. The Balaban J connectivity index is 2.05. The Bertz CT molecular complexity index is 559. The Hall–Kier alpha value is -2.16. The molecule has 2 aromatic carbocycles. The highest BCUT2D eigenvalue weighted by Crippen LogP contribution is 2.13. The predicted octanol–water partition coefficient (Wildman–Crippen LogP) is 3.93. The van der Waals surface area contributed by atoms with Crippen molar-refractivity contribution in [3.63, 3.8) is 0 Å². The SMILES string of the molecule is Oc1ccc(/C=C/Cc2ccc(F)cc2F)cc1. The number of phenolic OH excluding ortho intramolecular Hbond substituents is 1. The number of aromatic hydroxyl groups is 1. The van der Waals surface area contributed by atoms with Crippen LogP contribution < -0.4 is 0 Å². The van der Waals surface area contributed by atoms with Crippen molar-refractivity contribution in [1.29, 1.82) is 0 Å². The normalized spacial score (nSPS) is 11.0. The highest BCUT2D eigenvalue weighted by molar-refractivity contribution is 5.50. The molecule has 3 heteroatoms. The molecule has 0 radical (unpaired) electrons. The van der Waals surface area contributed by atoms with Crippen LogP contribution in [0.1, 0.15) is 11.1 Å². The Kier molecular flexibility index (Phi) is 3.72. The van der Waals surface area contributed by atoms with E-state index < -0.39 is 11.6 Å². The Morgan fingerprint density at radius 2 is 1.72 bits per heavy atom. The molecule has 0 amide bonds. The van der Waals surface area contributed by atoms with Crippen LogP contribution in [0.3, 0.4) is 0 Å². The van der Waals surface area contributed by atoms with Crippen LogP contribution in [0.4, 0.5) is 8.78 Å². The van der Waals surface area contributed by atoms with Crippen molar-refractivity contribution in [3.8, 4) is 5.75 Å².